The molecule has 2 heteroatoms. The summed E-state index contributed by atoms with van der Waals surface area (Å²) in [5, 5.41) is 3.58. The van der Waals surface area contributed by atoms with Crippen LogP contribution in [0.3, 0.4) is 0 Å². The van der Waals surface area contributed by atoms with Crippen LogP contribution < -0.4 is 5.32 Å². The maximum Gasteiger partial charge on any atom is 0.0135 e. The van der Waals surface area contributed by atoms with Crippen LogP contribution in [0, 0.1) is 5.92 Å². The Morgan fingerprint density at radius 1 is 1.25 bits per heavy atom. The molecule has 1 saturated carbocycles. The number of hydrogen-bond acceptors (Lipinski definition) is 2. The fourth-order valence-electron chi connectivity index (χ4n) is 2.66. The van der Waals surface area contributed by atoms with Crippen LogP contribution in [-0.2, 0) is 0 Å². The van der Waals surface area contributed by atoms with E-state index in [4.69, 9.17) is 0 Å². The second-order valence-corrected chi connectivity index (χ2v) is 5.77. The van der Waals surface area contributed by atoms with E-state index in [2.05, 4.69) is 45.0 Å². The molecule has 0 aromatic carbocycles. The van der Waals surface area contributed by atoms with Gasteiger partial charge in [0, 0.05) is 18.1 Å². The van der Waals surface area contributed by atoms with Crippen molar-refractivity contribution in [2.45, 2.75) is 71.5 Å². The van der Waals surface area contributed by atoms with Gasteiger partial charge in [-0.25, -0.2) is 0 Å². The van der Waals surface area contributed by atoms with Crippen LogP contribution in [0.1, 0.15) is 53.4 Å². The predicted octanol–water partition coefficient (Wildman–Crippen LogP) is 2.88. The Morgan fingerprint density at radius 2 is 1.94 bits per heavy atom. The summed E-state index contributed by atoms with van der Waals surface area (Å²) in [4.78, 5) is 2.61. The maximum atomic E-state index is 3.58. The van der Waals surface area contributed by atoms with Gasteiger partial charge in [-0.15, -0.1) is 0 Å². The SMILES string of the molecule is CCCC(C)N(C)C1CCC1CNC(C)C. The molecule has 0 aromatic heterocycles. The highest BCUT2D eigenvalue weighted by Gasteiger charge is 2.34. The third-order valence-electron chi connectivity index (χ3n) is 4.09. The lowest BCUT2D eigenvalue weighted by atomic mass is 9.78. The Labute approximate surface area is 102 Å². The summed E-state index contributed by atoms with van der Waals surface area (Å²) in [7, 11) is 2.31. The van der Waals surface area contributed by atoms with E-state index in [0.717, 1.165) is 18.0 Å². The topological polar surface area (TPSA) is 15.3 Å². The summed E-state index contributed by atoms with van der Waals surface area (Å²) in [5.41, 5.74) is 0. The van der Waals surface area contributed by atoms with E-state index in [0.29, 0.717) is 6.04 Å². The van der Waals surface area contributed by atoms with Gasteiger partial charge in [0.05, 0.1) is 0 Å². The molecule has 3 atom stereocenters. The van der Waals surface area contributed by atoms with E-state index >= 15 is 0 Å². The highest BCUT2D eigenvalue weighted by atomic mass is 15.2. The van der Waals surface area contributed by atoms with E-state index in [1.807, 2.05) is 0 Å². The normalized spacial score (nSPS) is 27.2. The Morgan fingerprint density at radius 3 is 2.38 bits per heavy atom. The maximum absolute atomic E-state index is 3.58. The van der Waals surface area contributed by atoms with Crippen LogP contribution in [-0.4, -0.2) is 36.6 Å². The van der Waals surface area contributed by atoms with Crippen molar-refractivity contribution in [1.29, 1.82) is 0 Å². The first kappa shape index (κ1) is 14.0. The van der Waals surface area contributed by atoms with Crippen LogP contribution in [0.25, 0.3) is 0 Å². The summed E-state index contributed by atoms with van der Waals surface area (Å²) >= 11 is 0. The second kappa shape index (κ2) is 6.61. The molecule has 1 rings (SSSR count). The van der Waals surface area contributed by atoms with Gasteiger partial charge in [-0.3, -0.25) is 0 Å². The minimum atomic E-state index is 0.625. The lowest BCUT2D eigenvalue weighted by Crippen LogP contribution is -2.52. The Balaban J connectivity index is 2.30. The molecule has 96 valence electrons. The summed E-state index contributed by atoms with van der Waals surface area (Å²) in [5.74, 6) is 0.881. The first-order chi connectivity index (χ1) is 7.56. The molecule has 0 saturated heterocycles. The highest BCUT2D eigenvalue weighted by Crippen LogP contribution is 2.32. The number of nitrogens with one attached hydrogen (secondary N) is 1. The molecule has 0 aromatic rings. The quantitative estimate of drug-likeness (QED) is 0.718. The van der Waals surface area contributed by atoms with Crippen molar-refractivity contribution in [3.05, 3.63) is 0 Å². The van der Waals surface area contributed by atoms with Crippen molar-refractivity contribution < 1.29 is 0 Å². The predicted molar refractivity (Wildman–Crippen MR) is 71.8 cm³/mol. The monoisotopic (exact) mass is 226 g/mol. The molecule has 1 N–H and O–H groups in total. The van der Waals surface area contributed by atoms with Crippen molar-refractivity contribution in [3.63, 3.8) is 0 Å². The lowest BCUT2D eigenvalue weighted by Gasteiger charge is -2.45. The van der Waals surface area contributed by atoms with E-state index < -0.39 is 0 Å². The van der Waals surface area contributed by atoms with Gasteiger partial charge >= 0.3 is 0 Å². The van der Waals surface area contributed by atoms with Gasteiger partial charge in [0.2, 0.25) is 0 Å². The molecule has 1 aliphatic rings. The summed E-state index contributed by atoms with van der Waals surface area (Å²) in [6.07, 6.45) is 5.44. The number of rotatable bonds is 7. The van der Waals surface area contributed by atoms with Gasteiger partial charge in [0.25, 0.3) is 0 Å². The first-order valence-electron chi connectivity index (χ1n) is 7.01. The largest absolute Gasteiger partial charge is 0.314 e. The van der Waals surface area contributed by atoms with Crippen molar-refractivity contribution >= 4 is 0 Å². The Hall–Kier alpha value is -0.0800. The fraction of sp³-hybridized carbons (Fsp3) is 1.00. The first-order valence-corrected chi connectivity index (χ1v) is 7.01. The van der Waals surface area contributed by atoms with Crippen molar-refractivity contribution in [2.24, 2.45) is 5.92 Å². The zero-order valence-corrected chi connectivity index (χ0v) is 11.8. The fourth-order valence-corrected chi connectivity index (χ4v) is 2.66. The van der Waals surface area contributed by atoms with Crippen molar-refractivity contribution in [2.75, 3.05) is 13.6 Å². The van der Waals surface area contributed by atoms with Crippen molar-refractivity contribution in [3.8, 4) is 0 Å². The van der Waals surface area contributed by atoms with Gasteiger partial charge in [0.15, 0.2) is 0 Å². The van der Waals surface area contributed by atoms with E-state index in [-0.39, 0.29) is 0 Å². The molecule has 0 heterocycles. The molecule has 1 aliphatic carbocycles. The molecule has 2 nitrogen and oxygen atoms in total. The minimum Gasteiger partial charge on any atom is -0.314 e. The van der Waals surface area contributed by atoms with Crippen molar-refractivity contribution in [1.82, 2.24) is 10.2 Å². The van der Waals surface area contributed by atoms with E-state index in [1.165, 1.54) is 32.2 Å². The summed E-state index contributed by atoms with van der Waals surface area (Å²) in [6, 6.07) is 2.20. The van der Waals surface area contributed by atoms with Crippen LogP contribution in [0.2, 0.25) is 0 Å². The zero-order chi connectivity index (χ0) is 12.1. The zero-order valence-electron chi connectivity index (χ0n) is 11.8. The molecule has 0 radical (unpaired) electrons. The third kappa shape index (κ3) is 3.74. The van der Waals surface area contributed by atoms with E-state index in [1.54, 1.807) is 0 Å². The molecule has 1 fully saturated rings. The van der Waals surface area contributed by atoms with Gasteiger partial charge in [-0.1, -0.05) is 27.2 Å². The van der Waals surface area contributed by atoms with Gasteiger partial charge in [0.1, 0.15) is 0 Å². The molecular weight excluding hydrogens is 196 g/mol. The van der Waals surface area contributed by atoms with Gasteiger partial charge in [-0.05, 0) is 45.7 Å². The second-order valence-electron chi connectivity index (χ2n) is 5.77. The third-order valence-corrected chi connectivity index (χ3v) is 4.09. The number of hydrogen-bond donors (Lipinski definition) is 1. The van der Waals surface area contributed by atoms with Crippen LogP contribution in [0.15, 0.2) is 0 Å². The van der Waals surface area contributed by atoms with Gasteiger partial charge < -0.3 is 10.2 Å². The minimum absolute atomic E-state index is 0.625. The summed E-state index contributed by atoms with van der Waals surface area (Å²) in [6.45, 7) is 10.3. The average Bonchev–Trinajstić information content (AvgIpc) is 2.16. The molecule has 0 bridgehead atoms. The molecule has 16 heavy (non-hydrogen) atoms. The van der Waals surface area contributed by atoms with Crippen LogP contribution >= 0.6 is 0 Å². The smallest absolute Gasteiger partial charge is 0.0135 e. The summed E-state index contributed by atoms with van der Waals surface area (Å²) < 4.78 is 0. The molecule has 3 unspecified atom stereocenters. The Bertz CT molecular complexity index is 191. The molecule has 0 spiro atoms. The van der Waals surface area contributed by atoms with Crippen LogP contribution in [0.4, 0.5) is 0 Å². The average molecular weight is 226 g/mol. The molecule has 0 amide bonds. The van der Waals surface area contributed by atoms with E-state index in [9.17, 15) is 0 Å². The Kier molecular flexibility index (Phi) is 5.77. The lowest BCUT2D eigenvalue weighted by molar-refractivity contribution is 0.0513. The highest BCUT2D eigenvalue weighted by molar-refractivity contribution is 4.90. The van der Waals surface area contributed by atoms with Crippen LogP contribution in [0.5, 0.6) is 0 Å². The standard InChI is InChI=1S/C14H30N2/c1-6-7-12(4)16(5)14-9-8-13(14)10-15-11(2)3/h11-15H,6-10H2,1-5H3. The molecular formula is C14H30N2. The number of nitrogens with zero attached hydrogens (tertiary/aromatic N) is 1. The van der Waals surface area contributed by atoms with Gasteiger partial charge in [-0.2, -0.15) is 0 Å². The molecule has 0 aliphatic heterocycles.